The van der Waals surface area contributed by atoms with Gasteiger partial charge >= 0.3 is 6.09 Å². The SMILES string of the molecule is Cc1cccc(C(C(=O)NC2CCCCC2)N(C)C(=O)C(CS)NC(=O)OC(C)(C)C)c1O. The van der Waals surface area contributed by atoms with Gasteiger partial charge in [0.05, 0.1) is 0 Å². The van der Waals surface area contributed by atoms with Crippen molar-refractivity contribution in [2.45, 2.75) is 83.5 Å². The zero-order chi connectivity index (χ0) is 24.8. The number of thiol groups is 1. The molecule has 1 aliphatic rings. The minimum absolute atomic E-state index is 0.0131. The fraction of sp³-hybridized carbons (Fsp3) is 0.625. The van der Waals surface area contributed by atoms with Gasteiger partial charge < -0.3 is 25.4 Å². The summed E-state index contributed by atoms with van der Waals surface area (Å²) < 4.78 is 5.25. The van der Waals surface area contributed by atoms with E-state index in [4.69, 9.17) is 4.74 Å². The molecule has 2 rings (SSSR count). The van der Waals surface area contributed by atoms with Gasteiger partial charge in [0.25, 0.3) is 0 Å². The van der Waals surface area contributed by atoms with E-state index in [0.717, 1.165) is 32.1 Å². The molecule has 3 N–H and O–H groups in total. The number of aromatic hydroxyl groups is 1. The van der Waals surface area contributed by atoms with Crippen molar-refractivity contribution >= 4 is 30.5 Å². The number of carbonyl (C=O) groups is 3. The Hall–Kier alpha value is -2.42. The summed E-state index contributed by atoms with van der Waals surface area (Å²) in [5, 5.41) is 16.3. The fourth-order valence-electron chi connectivity index (χ4n) is 3.96. The molecule has 0 aliphatic heterocycles. The molecule has 1 fully saturated rings. The maximum Gasteiger partial charge on any atom is 0.408 e. The van der Waals surface area contributed by atoms with Crippen LogP contribution < -0.4 is 10.6 Å². The Bertz CT molecular complexity index is 849. The minimum Gasteiger partial charge on any atom is -0.507 e. The lowest BCUT2D eigenvalue weighted by atomic mass is 9.94. The highest BCUT2D eigenvalue weighted by molar-refractivity contribution is 7.80. The molecule has 2 unspecified atom stereocenters. The highest BCUT2D eigenvalue weighted by atomic mass is 32.1. The van der Waals surface area contributed by atoms with Crippen molar-refractivity contribution in [1.82, 2.24) is 15.5 Å². The summed E-state index contributed by atoms with van der Waals surface area (Å²) in [4.78, 5) is 40.2. The van der Waals surface area contributed by atoms with Gasteiger partial charge in [-0.2, -0.15) is 12.6 Å². The summed E-state index contributed by atoms with van der Waals surface area (Å²) in [5.41, 5.74) is 0.200. The first-order valence-corrected chi connectivity index (χ1v) is 12.0. The largest absolute Gasteiger partial charge is 0.507 e. The van der Waals surface area contributed by atoms with Crippen LogP contribution >= 0.6 is 12.6 Å². The Kier molecular flexibility index (Phi) is 9.46. The maximum absolute atomic E-state index is 13.4. The number of nitrogens with zero attached hydrogens (tertiary/aromatic N) is 1. The second kappa shape index (κ2) is 11.6. The van der Waals surface area contributed by atoms with Gasteiger partial charge in [-0.3, -0.25) is 9.59 Å². The van der Waals surface area contributed by atoms with Gasteiger partial charge in [-0.05, 0) is 46.1 Å². The summed E-state index contributed by atoms with van der Waals surface area (Å²) in [6.07, 6.45) is 4.26. The number of aryl methyl sites for hydroxylation is 1. The number of rotatable bonds is 7. The summed E-state index contributed by atoms with van der Waals surface area (Å²) >= 11 is 4.22. The Balaban J connectivity index is 2.30. The Morgan fingerprint density at radius 1 is 1.21 bits per heavy atom. The normalized spacial score (nSPS) is 16.4. The van der Waals surface area contributed by atoms with Crippen LogP contribution in [0.25, 0.3) is 0 Å². The van der Waals surface area contributed by atoms with E-state index in [1.807, 2.05) is 0 Å². The minimum atomic E-state index is -1.07. The van der Waals surface area contributed by atoms with Gasteiger partial charge in [0, 0.05) is 24.4 Å². The molecular weight excluding hydrogens is 442 g/mol. The van der Waals surface area contributed by atoms with Crippen molar-refractivity contribution in [3.05, 3.63) is 29.3 Å². The number of nitrogens with one attached hydrogen (secondary N) is 2. The average molecular weight is 480 g/mol. The molecule has 0 spiro atoms. The van der Waals surface area contributed by atoms with Crippen LogP contribution in [0, 0.1) is 6.92 Å². The van der Waals surface area contributed by atoms with E-state index in [1.54, 1.807) is 45.9 Å². The number of para-hydroxylation sites is 1. The maximum atomic E-state index is 13.4. The number of ether oxygens (including phenoxy) is 1. The third kappa shape index (κ3) is 7.55. The molecule has 0 saturated heterocycles. The predicted octanol–water partition coefficient (Wildman–Crippen LogP) is 3.47. The molecule has 0 bridgehead atoms. The van der Waals surface area contributed by atoms with Crippen molar-refractivity contribution in [3.63, 3.8) is 0 Å². The number of amides is 3. The molecule has 184 valence electrons. The van der Waals surface area contributed by atoms with E-state index in [2.05, 4.69) is 23.3 Å². The highest BCUT2D eigenvalue weighted by Gasteiger charge is 2.36. The monoisotopic (exact) mass is 479 g/mol. The van der Waals surface area contributed by atoms with Crippen molar-refractivity contribution in [2.75, 3.05) is 12.8 Å². The molecule has 0 aromatic heterocycles. The van der Waals surface area contributed by atoms with Crippen LogP contribution in [0.2, 0.25) is 0 Å². The molecule has 8 nitrogen and oxygen atoms in total. The molecule has 1 saturated carbocycles. The van der Waals surface area contributed by atoms with Crippen molar-refractivity contribution < 1.29 is 24.2 Å². The van der Waals surface area contributed by atoms with Gasteiger partial charge in [-0.25, -0.2) is 4.79 Å². The molecule has 1 aromatic rings. The second-order valence-corrected chi connectivity index (χ2v) is 9.95. The van der Waals surface area contributed by atoms with Crippen molar-refractivity contribution in [3.8, 4) is 5.75 Å². The van der Waals surface area contributed by atoms with Gasteiger partial charge in [0.15, 0.2) is 0 Å². The van der Waals surface area contributed by atoms with Crippen LogP contribution in [0.4, 0.5) is 4.79 Å². The molecule has 1 aromatic carbocycles. The van der Waals surface area contributed by atoms with Crippen LogP contribution in [0.5, 0.6) is 5.75 Å². The Labute approximate surface area is 201 Å². The summed E-state index contributed by atoms with van der Waals surface area (Å²) in [6.45, 7) is 6.91. The predicted molar refractivity (Wildman–Crippen MR) is 130 cm³/mol. The van der Waals surface area contributed by atoms with E-state index >= 15 is 0 Å². The lowest BCUT2D eigenvalue weighted by Gasteiger charge is -2.33. The van der Waals surface area contributed by atoms with E-state index in [-0.39, 0.29) is 23.5 Å². The third-order valence-corrected chi connectivity index (χ3v) is 6.04. The highest BCUT2D eigenvalue weighted by Crippen LogP contribution is 2.32. The molecule has 0 heterocycles. The molecular formula is C24H37N3O5S. The third-order valence-electron chi connectivity index (χ3n) is 5.67. The lowest BCUT2D eigenvalue weighted by molar-refractivity contribution is -0.140. The number of carbonyl (C=O) groups excluding carboxylic acids is 3. The van der Waals surface area contributed by atoms with Gasteiger partial charge in [0.1, 0.15) is 23.4 Å². The number of hydrogen-bond donors (Lipinski definition) is 4. The van der Waals surface area contributed by atoms with Crippen molar-refractivity contribution in [2.24, 2.45) is 0 Å². The summed E-state index contributed by atoms with van der Waals surface area (Å²) in [6, 6.07) is 3.06. The first kappa shape index (κ1) is 26.8. The van der Waals surface area contributed by atoms with E-state index in [0.29, 0.717) is 11.1 Å². The van der Waals surface area contributed by atoms with Crippen LogP contribution in [-0.4, -0.2) is 58.4 Å². The molecule has 2 atom stereocenters. The summed E-state index contributed by atoms with van der Waals surface area (Å²) in [5.74, 6) is -0.906. The van der Waals surface area contributed by atoms with Crippen LogP contribution in [0.15, 0.2) is 18.2 Å². The number of benzene rings is 1. The lowest BCUT2D eigenvalue weighted by Crippen LogP contribution is -2.53. The fourth-order valence-corrected chi connectivity index (χ4v) is 4.21. The molecule has 0 radical (unpaired) electrons. The first-order chi connectivity index (χ1) is 15.4. The Morgan fingerprint density at radius 3 is 2.42 bits per heavy atom. The Morgan fingerprint density at radius 2 is 1.85 bits per heavy atom. The van der Waals surface area contributed by atoms with Gasteiger partial charge in [-0.1, -0.05) is 37.5 Å². The number of alkyl carbamates (subject to hydrolysis) is 1. The van der Waals surface area contributed by atoms with Crippen molar-refractivity contribution in [1.29, 1.82) is 0 Å². The quantitative estimate of drug-likeness (QED) is 0.448. The van der Waals surface area contributed by atoms with Gasteiger partial charge in [-0.15, -0.1) is 0 Å². The van der Waals surface area contributed by atoms with Crippen LogP contribution in [-0.2, 0) is 14.3 Å². The van der Waals surface area contributed by atoms with E-state index in [9.17, 15) is 19.5 Å². The number of likely N-dealkylation sites (N-methyl/N-ethyl adjacent to an activating group) is 1. The zero-order valence-electron chi connectivity index (χ0n) is 20.2. The van der Waals surface area contributed by atoms with Crippen LogP contribution in [0.3, 0.4) is 0 Å². The molecule has 33 heavy (non-hydrogen) atoms. The standard InChI is InChI=1S/C24H37N3O5S/c1-15-10-9-13-17(20(15)28)19(21(29)25-16-11-7-6-8-12-16)27(5)22(30)18(14-33)26-23(31)32-24(2,3)4/h9-10,13,16,18-19,28,33H,6-8,11-12,14H2,1-5H3,(H,25,29)(H,26,31). The molecule has 1 aliphatic carbocycles. The van der Waals surface area contributed by atoms with Crippen LogP contribution in [0.1, 0.15) is 70.0 Å². The summed E-state index contributed by atoms with van der Waals surface area (Å²) in [7, 11) is 1.49. The second-order valence-electron chi connectivity index (χ2n) is 9.59. The zero-order valence-corrected chi connectivity index (χ0v) is 21.1. The molecule has 9 heteroatoms. The first-order valence-electron chi connectivity index (χ1n) is 11.4. The number of phenols is 1. The van der Waals surface area contributed by atoms with E-state index in [1.165, 1.54) is 11.9 Å². The molecule has 3 amide bonds. The number of hydrogen-bond acceptors (Lipinski definition) is 6. The van der Waals surface area contributed by atoms with E-state index < -0.39 is 29.7 Å². The van der Waals surface area contributed by atoms with Gasteiger partial charge in [0.2, 0.25) is 11.8 Å². The average Bonchev–Trinajstić information content (AvgIpc) is 2.74. The smallest absolute Gasteiger partial charge is 0.408 e. The number of phenolic OH excluding ortho intramolecular Hbond substituents is 1. The topological polar surface area (TPSA) is 108 Å².